The lowest BCUT2D eigenvalue weighted by molar-refractivity contribution is -0.933. The summed E-state index contributed by atoms with van der Waals surface area (Å²) in [6.07, 6.45) is 0. The van der Waals surface area contributed by atoms with Crippen LogP contribution in [0.2, 0.25) is 0 Å². The second-order valence-corrected chi connectivity index (χ2v) is 6.14. The topological polar surface area (TPSA) is 18.5 Å². The Morgan fingerprint density at radius 1 is 1.40 bits per heavy atom. The van der Waals surface area contributed by atoms with Crippen molar-refractivity contribution >= 4 is 31.9 Å². The summed E-state index contributed by atoms with van der Waals surface area (Å²) >= 11 is 6.94. The maximum atomic E-state index is 3.57. The molecule has 0 aromatic heterocycles. The van der Waals surface area contributed by atoms with E-state index < -0.39 is 0 Å². The van der Waals surface area contributed by atoms with E-state index in [1.54, 1.807) is 0 Å². The number of rotatable bonds is 2. The molecule has 2 heterocycles. The molecule has 0 aliphatic carbocycles. The average Bonchev–Trinajstić information content (AvgIpc) is 2.16. The van der Waals surface area contributed by atoms with Crippen LogP contribution in [0.4, 0.5) is 0 Å². The molecule has 6 heteroatoms. The van der Waals surface area contributed by atoms with E-state index in [1.807, 2.05) is 4.99 Å². The summed E-state index contributed by atoms with van der Waals surface area (Å²) in [5.41, 5.74) is 0. The first-order valence-corrected chi connectivity index (χ1v) is 6.76. The van der Waals surface area contributed by atoms with E-state index in [9.17, 15) is 0 Å². The fourth-order valence-corrected chi connectivity index (χ4v) is 3.20. The summed E-state index contributed by atoms with van der Waals surface area (Å²) in [7, 11) is 2.31. The summed E-state index contributed by atoms with van der Waals surface area (Å²) in [5, 5.41) is 3.40. The van der Waals surface area contributed by atoms with Gasteiger partial charge in [-0.05, 0) is 20.9 Å². The fraction of sp³-hybridized carbons (Fsp3) is 0.778. The Hall–Kier alpha value is 0.540. The number of hydrogen-bond donors (Lipinski definition) is 1. The van der Waals surface area contributed by atoms with Crippen molar-refractivity contribution in [1.82, 2.24) is 15.1 Å². The SMILES string of the molecule is C[N+]1(CC(Br)=CBr)CN2CNCN(C2)C1. The Balaban J connectivity index is 2.02. The van der Waals surface area contributed by atoms with E-state index in [1.165, 1.54) is 4.48 Å². The van der Waals surface area contributed by atoms with Crippen LogP contribution in [0.5, 0.6) is 0 Å². The minimum absolute atomic E-state index is 1.01. The van der Waals surface area contributed by atoms with Gasteiger partial charge in [-0.2, -0.15) is 0 Å². The second kappa shape index (κ2) is 4.81. The number of hydrogen-bond acceptors (Lipinski definition) is 3. The summed E-state index contributed by atoms with van der Waals surface area (Å²) in [6, 6.07) is 0. The van der Waals surface area contributed by atoms with Gasteiger partial charge in [-0.25, -0.2) is 9.80 Å². The first kappa shape index (κ1) is 12.0. The van der Waals surface area contributed by atoms with Crippen molar-refractivity contribution in [2.45, 2.75) is 0 Å². The first-order chi connectivity index (χ1) is 7.11. The lowest BCUT2D eigenvalue weighted by atomic mass is 10.4. The number of nitrogens with one attached hydrogen (secondary N) is 1. The molecule has 4 nitrogen and oxygen atoms in total. The predicted octanol–water partition coefficient (Wildman–Crippen LogP) is 1.07. The van der Waals surface area contributed by atoms with E-state index in [0.29, 0.717) is 0 Å². The zero-order valence-electron chi connectivity index (χ0n) is 8.92. The molecule has 2 aliphatic rings. The van der Waals surface area contributed by atoms with Crippen LogP contribution in [0.25, 0.3) is 0 Å². The van der Waals surface area contributed by atoms with Crippen LogP contribution in [0.1, 0.15) is 0 Å². The molecule has 2 rings (SSSR count). The van der Waals surface area contributed by atoms with Crippen LogP contribution in [-0.2, 0) is 0 Å². The molecule has 2 unspecified atom stereocenters. The number of fused-ring (bicyclic) bond motifs is 2. The van der Waals surface area contributed by atoms with E-state index in [4.69, 9.17) is 0 Å². The number of quaternary nitrogens is 1. The standard InChI is InChI=1S/C9H17Br2N4/c1-15(3-9(11)2-10)7-13-4-12-5-14(6-13)8-15/h2,12H,3-8H2,1H3/q+1. The van der Waals surface area contributed by atoms with Crippen molar-refractivity contribution in [3.63, 3.8) is 0 Å². The van der Waals surface area contributed by atoms with Crippen molar-refractivity contribution in [3.8, 4) is 0 Å². The molecule has 2 atom stereocenters. The molecule has 2 saturated heterocycles. The molecule has 86 valence electrons. The lowest BCUT2D eigenvalue weighted by Gasteiger charge is -2.50. The van der Waals surface area contributed by atoms with Crippen molar-refractivity contribution < 1.29 is 4.48 Å². The molecule has 2 aliphatic heterocycles. The maximum absolute atomic E-state index is 3.57. The minimum Gasteiger partial charge on any atom is -0.297 e. The summed E-state index contributed by atoms with van der Waals surface area (Å²) in [5.74, 6) is 0. The largest absolute Gasteiger partial charge is 0.297 e. The zero-order chi connectivity index (χ0) is 10.9. The molecule has 0 spiro atoms. The van der Waals surface area contributed by atoms with Crippen molar-refractivity contribution in [3.05, 3.63) is 9.47 Å². The Kier molecular flexibility index (Phi) is 3.85. The van der Waals surface area contributed by atoms with Gasteiger partial charge in [-0.3, -0.25) is 9.80 Å². The third-order valence-electron chi connectivity index (χ3n) is 2.80. The highest BCUT2D eigenvalue weighted by molar-refractivity contribution is 9.14. The highest BCUT2D eigenvalue weighted by atomic mass is 79.9. The van der Waals surface area contributed by atoms with Crippen molar-refractivity contribution in [1.29, 1.82) is 0 Å². The van der Waals surface area contributed by atoms with Gasteiger partial charge in [0.15, 0.2) is 0 Å². The molecule has 0 amide bonds. The highest BCUT2D eigenvalue weighted by Gasteiger charge is 2.36. The maximum Gasteiger partial charge on any atom is 0.138 e. The Bertz CT molecular complexity index is 257. The van der Waals surface area contributed by atoms with Crippen molar-refractivity contribution in [2.75, 3.05) is 46.9 Å². The summed E-state index contributed by atoms with van der Waals surface area (Å²) in [6.45, 7) is 6.40. The predicted molar refractivity (Wildman–Crippen MR) is 68.1 cm³/mol. The molecular weight excluding hydrogens is 324 g/mol. The molecule has 0 aromatic carbocycles. The molecule has 0 saturated carbocycles. The van der Waals surface area contributed by atoms with Gasteiger partial charge in [0.1, 0.15) is 19.9 Å². The van der Waals surface area contributed by atoms with Gasteiger partial charge in [0, 0.05) is 0 Å². The Labute approximate surface area is 108 Å². The number of nitrogens with zero attached hydrogens (tertiary/aromatic N) is 3. The third kappa shape index (κ3) is 3.01. The van der Waals surface area contributed by atoms with Gasteiger partial charge in [-0.15, -0.1) is 0 Å². The molecule has 1 N–H and O–H groups in total. The zero-order valence-corrected chi connectivity index (χ0v) is 12.1. The summed E-state index contributed by atoms with van der Waals surface area (Å²) in [4.78, 5) is 6.85. The van der Waals surface area contributed by atoms with Crippen LogP contribution in [0.3, 0.4) is 0 Å². The normalized spacial score (nSPS) is 41.7. The van der Waals surface area contributed by atoms with Gasteiger partial charge >= 0.3 is 0 Å². The first-order valence-electron chi connectivity index (χ1n) is 5.05. The second-order valence-electron chi connectivity index (χ2n) is 4.67. The highest BCUT2D eigenvalue weighted by Crippen LogP contribution is 2.20. The van der Waals surface area contributed by atoms with Gasteiger partial charge < -0.3 is 0 Å². The van der Waals surface area contributed by atoms with E-state index >= 15 is 0 Å². The minimum atomic E-state index is 1.01. The Morgan fingerprint density at radius 3 is 2.53 bits per heavy atom. The monoisotopic (exact) mass is 339 g/mol. The Morgan fingerprint density at radius 2 is 2.00 bits per heavy atom. The molecular formula is C9H17Br2N4+. The molecule has 0 aromatic rings. The quantitative estimate of drug-likeness (QED) is 0.759. The van der Waals surface area contributed by atoms with Crippen LogP contribution < -0.4 is 5.32 Å². The molecule has 0 radical (unpaired) electrons. The van der Waals surface area contributed by atoms with E-state index in [2.05, 4.69) is 54.0 Å². The summed E-state index contributed by atoms with van der Waals surface area (Å²) < 4.78 is 2.27. The van der Waals surface area contributed by atoms with Crippen LogP contribution in [0, 0.1) is 0 Å². The van der Waals surface area contributed by atoms with E-state index in [-0.39, 0.29) is 0 Å². The molecule has 2 fully saturated rings. The molecule has 2 bridgehead atoms. The smallest absolute Gasteiger partial charge is 0.138 e. The average molecular weight is 341 g/mol. The van der Waals surface area contributed by atoms with Crippen LogP contribution >= 0.6 is 31.9 Å². The van der Waals surface area contributed by atoms with Crippen molar-refractivity contribution in [2.24, 2.45) is 0 Å². The van der Waals surface area contributed by atoms with Crippen LogP contribution in [-0.4, -0.2) is 61.2 Å². The number of likely N-dealkylation sites (N-methyl/N-ethyl adjacent to an activating group) is 1. The molecule has 15 heavy (non-hydrogen) atoms. The van der Waals surface area contributed by atoms with E-state index in [0.717, 1.165) is 44.4 Å². The third-order valence-corrected chi connectivity index (χ3v) is 4.45. The lowest BCUT2D eigenvalue weighted by Crippen LogP contribution is -2.69. The van der Waals surface area contributed by atoms with Gasteiger partial charge in [-0.1, -0.05) is 15.9 Å². The van der Waals surface area contributed by atoms with Gasteiger partial charge in [0.2, 0.25) is 0 Å². The van der Waals surface area contributed by atoms with Gasteiger partial charge in [0.25, 0.3) is 0 Å². The van der Waals surface area contributed by atoms with Gasteiger partial charge in [0.05, 0.1) is 31.5 Å². The fourth-order valence-electron chi connectivity index (χ4n) is 2.45. The number of halogens is 2. The van der Waals surface area contributed by atoms with Crippen LogP contribution in [0.15, 0.2) is 9.47 Å².